The highest BCUT2D eigenvalue weighted by Gasteiger charge is 2.39. The van der Waals surface area contributed by atoms with E-state index in [9.17, 15) is 14.7 Å². The van der Waals surface area contributed by atoms with Crippen LogP contribution in [0.1, 0.15) is 20.3 Å². The quantitative estimate of drug-likeness (QED) is 0.598. The molecule has 0 aromatic carbocycles. The summed E-state index contributed by atoms with van der Waals surface area (Å²) < 4.78 is 15.1. The molecule has 0 aromatic heterocycles. The van der Waals surface area contributed by atoms with E-state index in [2.05, 4.69) is 15.9 Å². The van der Waals surface area contributed by atoms with Crippen molar-refractivity contribution in [2.24, 2.45) is 0 Å². The molecule has 98 valence electrons. The van der Waals surface area contributed by atoms with Crippen LogP contribution in [0.4, 0.5) is 0 Å². The second-order valence-electron chi connectivity index (χ2n) is 3.76. The first-order valence-corrected chi connectivity index (χ1v) is 6.10. The van der Waals surface area contributed by atoms with Gasteiger partial charge in [0.05, 0.1) is 4.83 Å². The molecule has 1 aliphatic heterocycles. The summed E-state index contributed by atoms with van der Waals surface area (Å²) in [4.78, 5) is 21.4. The minimum atomic E-state index is -0.966. The number of hydrogen-bond donors (Lipinski definition) is 1. The number of carbonyl (C=O) groups excluding carboxylic acids is 2. The van der Waals surface area contributed by atoms with Gasteiger partial charge >= 0.3 is 11.9 Å². The molecule has 0 saturated carbocycles. The van der Waals surface area contributed by atoms with Gasteiger partial charge in [0, 0.05) is 20.3 Å². The van der Waals surface area contributed by atoms with Gasteiger partial charge in [0.1, 0.15) is 18.8 Å². The van der Waals surface area contributed by atoms with E-state index in [4.69, 9.17) is 14.2 Å². The number of esters is 2. The zero-order valence-electron chi connectivity index (χ0n) is 9.59. The molecule has 4 unspecified atom stereocenters. The molecule has 0 spiro atoms. The fraction of sp³-hybridized carbons (Fsp3) is 0.800. The summed E-state index contributed by atoms with van der Waals surface area (Å²) in [6, 6.07) is 0. The Labute approximate surface area is 107 Å². The largest absolute Gasteiger partial charge is 0.463 e. The van der Waals surface area contributed by atoms with E-state index in [0.717, 1.165) is 0 Å². The number of alkyl halides is 1. The predicted molar refractivity (Wildman–Crippen MR) is 60.4 cm³/mol. The number of hydrogen-bond acceptors (Lipinski definition) is 6. The maximum absolute atomic E-state index is 11.0. The number of ether oxygens (including phenoxy) is 3. The third kappa shape index (κ3) is 4.61. The molecule has 6 nitrogen and oxygen atoms in total. The van der Waals surface area contributed by atoms with Crippen molar-refractivity contribution in [1.82, 2.24) is 0 Å². The predicted octanol–water partition coefficient (Wildman–Crippen LogP) is 0.352. The summed E-state index contributed by atoms with van der Waals surface area (Å²) in [5.41, 5.74) is 0. The van der Waals surface area contributed by atoms with Gasteiger partial charge in [-0.2, -0.15) is 0 Å². The van der Waals surface area contributed by atoms with Crippen LogP contribution in [0.15, 0.2) is 0 Å². The first-order chi connectivity index (χ1) is 7.90. The van der Waals surface area contributed by atoms with Crippen LogP contribution in [0.2, 0.25) is 0 Å². The minimum absolute atomic E-state index is 0.0631. The second kappa shape index (κ2) is 6.32. The van der Waals surface area contributed by atoms with Crippen LogP contribution in [0.5, 0.6) is 0 Å². The molecule has 0 aliphatic carbocycles. The molecule has 1 rings (SSSR count). The molecule has 17 heavy (non-hydrogen) atoms. The van der Waals surface area contributed by atoms with Crippen LogP contribution in [-0.2, 0) is 23.8 Å². The van der Waals surface area contributed by atoms with E-state index in [1.165, 1.54) is 13.8 Å². The molecular formula is C10H15BrO6. The summed E-state index contributed by atoms with van der Waals surface area (Å²) >= 11 is 3.31. The highest BCUT2D eigenvalue weighted by Crippen LogP contribution is 2.27. The Morgan fingerprint density at radius 1 is 1.41 bits per heavy atom. The van der Waals surface area contributed by atoms with Crippen LogP contribution in [0.3, 0.4) is 0 Å². The zero-order valence-corrected chi connectivity index (χ0v) is 11.2. The lowest BCUT2D eigenvalue weighted by Gasteiger charge is -2.36. The van der Waals surface area contributed by atoms with E-state index in [1.807, 2.05) is 0 Å². The van der Waals surface area contributed by atoms with Crippen LogP contribution >= 0.6 is 15.9 Å². The summed E-state index contributed by atoms with van der Waals surface area (Å²) in [5.74, 6) is -0.909. The van der Waals surface area contributed by atoms with Crippen molar-refractivity contribution in [3.05, 3.63) is 0 Å². The van der Waals surface area contributed by atoms with E-state index in [1.54, 1.807) is 0 Å². The number of aliphatic hydroxyl groups is 1. The monoisotopic (exact) mass is 310 g/mol. The summed E-state index contributed by atoms with van der Waals surface area (Å²) in [7, 11) is 0. The van der Waals surface area contributed by atoms with Crippen molar-refractivity contribution in [2.45, 2.75) is 43.6 Å². The van der Waals surface area contributed by atoms with Crippen LogP contribution in [0.25, 0.3) is 0 Å². The molecule has 0 radical (unpaired) electrons. The second-order valence-corrected chi connectivity index (χ2v) is 4.93. The van der Waals surface area contributed by atoms with Crippen molar-refractivity contribution in [1.29, 1.82) is 0 Å². The lowest BCUT2D eigenvalue weighted by atomic mass is 10.0. The van der Waals surface area contributed by atoms with Gasteiger partial charge in [-0.1, -0.05) is 15.9 Å². The Kier molecular flexibility index (Phi) is 5.35. The normalized spacial score (nSPS) is 32.9. The smallest absolute Gasteiger partial charge is 0.303 e. The maximum Gasteiger partial charge on any atom is 0.303 e. The minimum Gasteiger partial charge on any atom is -0.463 e. The van der Waals surface area contributed by atoms with E-state index in [0.29, 0.717) is 6.42 Å². The topological polar surface area (TPSA) is 82.1 Å². The van der Waals surface area contributed by atoms with Crippen molar-refractivity contribution < 1.29 is 28.9 Å². The van der Waals surface area contributed by atoms with E-state index >= 15 is 0 Å². The van der Waals surface area contributed by atoms with Gasteiger partial charge in [-0.15, -0.1) is 0 Å². The van der Waals surface area contributed by atoms with Gasteiger partial charge in [-0.25, -0.2) is 0 Å². The first kappa shape index (κ1) is 14.4. The Morgan fingerprint density at radius 2 is 2.06 bits per heavy atom. The number of halogens is 1. The summed E-state index contributed by atoms with van der Waals surface area (Å²) in [5, 5.41) is 9.43. The third-order valence-electron chi connectivity index (χ3n) is 2.23. The summed E-state index contributed by atoms with van der Waals surface area (Å²) in [6.07, 6.45) is -1.92. The molecule has 1 fully saturated rings. The lowest BCUT2D eigenvalue weighted by Crippen LogP contribution is -2.50. The van der Waals surface area contributed by atoms with E-state index < -0.39 is 30.4 Å². The molecule has 1 N–H and O–H groups in total. The van der Waals surface area contributed by atoms with Gasteiger partial charge in [0.2, 0.25) is 0 Å². The molecular weight excluding hydrogens is 296 g/mol. The van der Waals surface area contributed by atoms with Gasteiger partial charge < -0.3 is 19.3 Å². The fourth-order valence-corrected chi connectivity index (χ4v) is 2.34. The fourth-order valence-electron chi connectivity index (χ4n) is 1.57. The zero-order chi connectivity index (χ0) is 13.0. The van der Waals surface area contributed by atoms with Crippen LogP contribution in [0, 0.1) is 0 Å². The Hall–Kier alpha value is -0.660. The van der Waals surface area contributed by atoms with Crippen molar-refractivity contribution in [2.75, 3.05) is 6.61 Å². The Balaban J connectivity index is 2.64. The van der Waals surface area contributed by atoms with Gasteiger partial charge in [0.25, 0.3) is 0 Å². The van der Waals surface area contributed by atoms with Gasteiger partial charge in [0.15, 0.2) is 6.29 Å². The van der Waals surface area contributed by atoms with E-state index in [-0.39, 0.29) is 11.4 Å². The first-order valence-electron chi connectivity index (χ1n) is 5.18. The summed E-state index contributed by atoms with van der Waals surface area (Å²) in [6.45, 7) is 2.49. The molecule has 1 aliphatic rings. The van der Waals surface area contributed by atoms with Crippen molar-refractivity contribution in [3.63, 3.8) is 0 Å². The average molecular weight is 311 g/mol. The molecule has 7 heteroatoms. The molecule has 0 amide bonds. The maximum atomic E-state index is 11.0. The lowest BCUT2D eigenvalue weighted by molar-refractivity contribution is -0.218. The van der Waals surface area contributed by atoms with Gasteiger partial charge in [-0.05, 0) is 0 Å². The molecule has 1 heterocycles. The molecule has 1 saturated heterocycles. The van der Waals surface area contributed by atoms with Crippen LogP contribution < -0.4 is 0 Å². The molecule has 4 atom stereocenters. The molecule has 0 aromatic rings. The Morgan fingerprint density at radius 3 is 2.59 bits per heavy atom. The van der Waals surface area contributed by atoms with Crippen LogP contribution in [-0.4, -0.2) is 47.0 Å². The number of carbonyl (C=O) groups is 2. The van der Waals surface area contributed by atoms with Crippen molar-refractivity contribution in [3.8, 4) is 0 Å². The highest BCUT2D eigenvalue weighted by atomic mass is 79.9. The third-order valence-corrected chi connectivity index (χ3v) is 3.13. The number of aliphatic hydroxyl groups excluding tert-OH is 1. The number of rotatable bonds is 3. The van der Waals surface area contributed by atoms with Gasteiger partial charge in [-0.3, -0.25) is 9.59 Å². The SMILES string of the molecule is CC(=O)OCC1OC(O)CC(Br)C1OC(C)=O. The standard InChI is InChI=1S/C10H15BrO6/c1-5(12)15-4-8-10(16-6(2)13)7(11)3-9(14)17-8/h7-10,14H,3-4H2,1-2H3. The average Bonchev–Trinajstić information content (AvgIpc) is 2.18. The molecule has 0 bridgehead atoms. The van der Waals surface area contributed by atoms with Crippen molar-refractivity contribution >= 4 is 27.9 Å². The highest BCUT2D eigenvalue weighted by molar-refractivity contribution is 9.09. The Bertz CT molecular complexity index is 295.